The number of nitrogens with one attached hydrogen (secondary N) is 1. The maximum atomic E-state index is 5.65. The summed E-state index contributed by atoms with van der Waals surface area (Å²) in [6.45, 7) is 1.63. The van der Waals surface area contributed by atoms with Gasteiger partial charge in [-0.25, -0.2) is 0 Å². The van der Waals surface area contributed by atoms with Crippen molar-refractivity contribution in [3.8, 4) is 5.75 Å². The van der Waals surface area contributed by atoms with E-state index >= 15 is 0 Å². The summed E-state index contributed by atoms with van der Waals surface area (Å²) in [5.74, 6) is 0.903. The minimum absolute atomic E-state index is 0.707. The average Bonchev–Trinajstić information content (AvgIpc) is 2.42. The SMILES string of the molecule is CN(C)CCOc1ccc(Nc2ccccc2)cc1. The zero-order valence-electron chi connectivity index (χ0n) is 11.5. The summed E-state index contributed by atoms with van der Waals surface area (Å²) >= 11 is 0. The predicted octanol–water partition coefficient (Wildman–Crippen LogP) is 3.37. The zero-order valence-corrected chi connectivity index (χ0v) is 11.5. The number of hydrogen-bond acceptors (Lipinski definition) is 3. The molecule has 0 aliphatic heterocycles. The summed E-state index contributed by atoms with van der Waals surface area (Å²) in [6.07, 6.45) is 0. The van der Waals surface area contributed by atoms with Crippen molar-refractivity contribution in [2.45, 2.75) is 0 Å². The van der Waals surface area contributed by atoms with Gasteiger partial charge < -0.3 is 15.0 Å². The highest BCUT2D eigenvalue weighted by Crippen LogP contribution is 2.19. The number of ether oxygens (including phenoxy) is 1. The van der Waals surface area contributed by atoms with Crippen molar-refractivity contribution in [3.63, 3.8) is 0 Å². The van der Waals surface area contributed by atoms with Gasteiger partial charge in [-0.1, -0.05) is 18.2 Å². The first kappa shape index (κ1) is 13.4. The number of likely N-dealkylation sites (N-methyl/N-ethyl adjacent to an activating group) is 1. The fraction of sp³-hybridized carbons (Fsp3) is 0.250. The third-order valence-electron chi connectivity index (χ3n) is 2.72. The van der Waals surface area contributed by atoms with Crippen LogP contribution in [0.5, 0.6) is 5.75 Å². The van der Waals surface area contributed by atoms with Crippen LogP contribution < -0.4 is 10.1 Å². The van der Waals surface area contributed by atoms with E-state index in [0.29, 0.717) is 6.61 Å². The Bertz CT molecular complexity index is 480. The normalized spacial score (nSPS) is 10.5. The molecule has 0 bridgehead atoms. The van der Waals surface area contributed by atoms with Gasteiger partial charge in [0, 0.05) is 17.9 Å². The second kappa shape index (κ2) is 6.81. The van der Waals surface area contributed by atoms with Crippen molar-refractivity contribution in [2.75, 3.05) is 32.6 Å². The first-order chi connectivity index (χ1) is 9.24. The highest BCUT2D eigenvalue weighted by atomic mass is 16.5. The Morgan fingerprint density at radius 1 is 0.895 bits per heavy atom. The molecule has 2 rings (SSSR count). The van der Waals surface area contributed by atoms with Crippen LogP contribution in [0.15, 0.2) is 54.6 Å². The Balaban J connectivity index is 1.88. The second-order valence-corrected chi connectivity index (χ2v) is 4.67. The molecular weight excluding hydrogens is 236 g/mol. The molecule has 3 heteroatoms. The molecule has 3 nitrogen and oxygen atoms in total. The largest absolute Gasteiger partial charge is 0.492 e. The van der Waals surface area contributed by atoms with Gasteiger partial charge >= 0.3 is 0 Å². The second-order valence-electron chi connectivity index (χ2n) is 4.67. The van der Waals surface area contributed by atoms with Crippen LogP contribution in [-0.4, -0.2) is 32.1 Å². The molecule has 0 aliphatic carbocycles. The van der Waals surface area contributed by atoms with Crippen molar-refractivity contribution < 1.29 is 4.74 Å². The molecule has 0 saturated carbocycles. The van der Waals surface area contributed by atoms with Gasteiger partial charge in [0.15, 0.2) is 0 Å². The number of para-hydroxylation sites is 1. The van der Waals surface area contributed by atoms with Crippen LogP contribution in [0.2, 0.25) is 0 Å². The van der Waals surface area contributed by atoms with Crippen molar-refractivity contribution in [1.82, 2.24) is 4.90 Å². The Labute approximate surface area is 114 Å². The summed E-state index contributed by atoms with van der Waals surface area (Å²) in [7, 11) is 4.08. The Morgan fingerprint density at radius 2 is 1.53 bits per heavy atom. The number of benzene rings is 2. The van der Waals surface area contributed by atoms with E-state index in [4.69, 9.17) is 4.74 Å². The van der Waals surface area contributed by atoms with Gasteiger partial charge in [0.2, 0.25) is 0 Å². The summed E-state index contributed by atoms with van der Waals surface area (Å²) < 4.78 is 5.65. The molecule has 0 aliphatic rings. The van der Waals surface area contributed by atoms with E-state index in [2.05, 4.69) is 10.2 Å². The Morgan fingerprint density at radius 3 is 2.16 bits per heavy atom. The molecule has 0 atom stereocenters. The lowest BCUT2D eigenvalue weighted by molar-refractivity contribution is 0.261. The van der Waals surface area contributed by atoms with Crippen molar-refractivity contribution in [1.29, 1.82) is 0 Å². The lowest BCUT2D eigenvalue weighted by Crippen LogP contribution is -2.19. The molecule has 0 heterocycles. The summed E-state index contributed by atoms with van der Waals surface area (Å²) in [5.41, 5.74) is 2.15. The maximum Gasteiger partial charge on any atom is 0.119 e. The molecule has 0 aromatic heterocycles. The zero-order chi connectivity index (χ0) is 13.5. The van der Waals surface area contributed by atoms with Crippen molar-refractivity contribution in [2.24, 2.45) is 0 Å². The molecule has 2 aromatic carbocycles. The van der Waals surface area contributed by atoms with Gasteiger partial charge in [-0.3, -0.25) is 0 Å². The van der Waals surface area contributed by atoms with Crippen molar-refractivity contribution >= 4 is 11.4 Å². The van der Waals surface area contributed by atoms with Crippen LogP contribution in [0.3, 0.4) is 0 Å². The highest BCUT2D eigenvalue weighted by molar-refractivity contribution is 5.59. The molecule has 0 spiro atoms. The minimum Gasteiger partial charge on any atom is -0.492 e. The standard InChI is InChI=1S/C16H20N2O/c1-18(2)12-13-19-16-10-8-15(9-11-16)17-14-6-4-3-5-7-14/h3-11,17H,12-13H2,1-2H3. The molecule has 0 fully saturated rings. The Kier molecular flexibility index (Phi) is 4.81. The molecule has 0 amide bonds. The molecular formula is C16H20N2O. The van der Waals surface area contributed by atoms with Crippen LogP contribution in [0.25, 0.3) is 0 Å². The van der Waals surface area contributed by atoms with Crippen LogP contribution >= 0.6 is 0 Å². The first-order valence-electron chi connectivity index (χ1n) is 6.44. The predicted molar refractivity (Wildman–Crippen MR) is 80.2 cm³/mol. The minimum atomic E-state index is 0.707. The molecule has 0 saturated heterocycles. The number of hydrogen-bond donors (Lipinski definition) is 1. The van der Waals surface area contributed by atoms with E-state index in [9.17, 15) is 0 Å². The highest BCUT2D eigenvalue weighted by Gasteiger charge is 1.97. The van der Waals surface area contributed by atoms with Gasteiger partial charge in [0.1, 0.15) is 12.4 Å². The van der Waals surface area contributed by atoms with Gasteiger partial charge in [0.25, 0.3) is 0 Å². The van der Waals surface area contributed by atoms with Crippen molar-refractivity contribution in [3.05, 3.63) is 54.6 Å². The van der Waals surface area contributed by atoms with Crippen LogP contribution in [0, 0.1) is 0 Å². The summed E-state index contributed by atoms with van der Waals surface area (Å²) in [6, 6.07) is 18.1. The lowest BCUT2D eigenvalue weighted by Gasteiger charge is -2.11. The Hall–Kier alpha value is -2.00. The molecule has 100 valence electrons. The summed E-state index contributed by atoms with van der Waals surface area (Å²) in [5, 5.41) is 3.34. The first-order valence-corrected chi connectivity index (χ1v) is 6.44. The fourth-order valence-electron chi connectivity index (χ4n) is 1.67. The maximum absolute atomic E-state index is 5.65. The fourth-order valence-corrected chi connectivity index (χ4v) is 1.67. The van der Waals surface area contributed by atoms with Gasteiger partial charge in [0.05, 0.1) is 0 Å². The van der Waals surface area contributed by atoms with Crippen LogP contribution in [0.1, 0.15) is 0 Å². The topological polar surface area (TPSA) is 24.5 Å². The van der Waals surface area contributed by atoms with Crippen LogP contribution in [0.4, 0.5) is 11.4 Å². The smallest absolute Gasteiger partial charge is 0.119 e. The molecule has 1 N–H and O–H groups in total. The summed E-state index contributed by atoms with van der Waals surface area (Å²) in [4.78, 5) is 2.10. The molecule has 2 aromatic rings. The van der Waals surface area contributed by atoms with E-state index in [1.807, 2.05) is 68.7 Å². The molecule has 0 unspecified atom stereocenters. The lowest BCUT2D eigenvalue weighted by atomic mass is 10.2. The number of nitrogens with zero attached hydrogens (tertiary/aromatic N) is 1. The average molecular weight is 256 g/mol. The van der Waals surface area contributed by atoms with E-state index in [-0.39, 0.29) is 0 Å². The quantitative estimate of drug-likeness (QED) is 0.857. The van der Waals surface area contributed by atoms with Gasteiger partial charge in [-0.05, 0) is 50.5 Å². The van der Waals surface area contributed by atoms with E-state index in [0.717, 1.165) is 23.7 Å². The van der Waals surface area contributed by atoms with E-state index in [1.165, 1.54) is 0 Å². The molecule has 0 radical (unpaired) electrons. The number of rotatable bonds is 6. The van der Waals surface area contributed by atoms with E-state index < -0.39 is 0 Å². The molecule has 19 heavy (non-hydrogen) atoms. The third kappa shape index (κ3) is 4.64. The third-order valence-corrected chi connectivity index (χ3v) is 2.72. The van der Waals surface area contributed by atoms with Gasteiger partial charge in [-0.15, -0.1) is 0 Å². The number of anilines is 2. The van der Waals surface area contributed by atoms with Crippen LogP contribution in [-0.2, 0) is 0 Å². The van der Waals surface area contributed by atoms with E-state index in [1.54, 1.807) is 0 Å². The monoisotopic (exact) mass is 256 g/mol. The van der Waals surface area contributed by atoms with Gasteiger partial charge in [-0.2, -0.15) is 0 Å².